The number of rotatable bonds is 3. The smallest absolute Gasteiger partial charge is 0.179 e. The first-order chi connectivity index (χ1) is 10.6. The van der Waals surface area contributed by atoms with Gasteiger partial charge in [-0.1, -0.05) is 30.3 Å². The maximum atomic E-state index is 12.0. The Kier molecular flexibility index (Phi) is 3.68. The van der Waals surface area contributed by atoms with Crippen molar-refractivity contribution in [2.75, 3.05) is 6.26 Å². The Morgan fingerprint density at radius 3 is 2.27 bits per heavy atom. The van der Waals surface area contributed by atoms with Crippen LogP contribution in [0, 0.1) is 0 Å². The Bertz CT molecular complexity index is 895. The minimum absolute atomic E-state index is 0.117. The molecule has 0 aliphatic rings. The van der Waals surface area contributed by atoms with Crippen LogP contribution in [0.3, 0.4) is 0 Å². The molecule has 0 saturated carbocycles. The molecule has 0 N–H and O–H groups in total. The molecule has 110 valence electrons. The zero-order chi connectivity index (χ0) is 15.6. The molecule has 3 rings (SSSR count). The molecule has 0 aliphatic carbocycles. The third-order valence-electron chi connectivity index (χ3n) is 3.12. The summed E-state index contributed by atoms with van der Waals surface area (Å²) in [4.78, 5) is 12.8. The van der Waals surface area contributed by atoms with Gasteiger partial charge in [0.05, 0.1) is 11.9 Å². The quantitative estimate of drug-likeness (QED) is 0.743. The average molecular weight is 311 g/mol. The van der Waals surface area contributed by atoms with Gasteiger partial charge in [0.1, 0.15) is 4.90 Å². The zero-order valence-corrected chi connectivity index (χ0v) is 12.7. The van der Waals surface area contributed by atoms with Crippen molar-refractivity contribution >= 4 is 9.84 Å². The highest BCUT2D eigenvalue weighted by Gasteiger charge is 2.18. The second-order valence-corrected chi connectivity index (χ2v) is 6.77. The van der Waals surface area contributed by atoms with Gasteiger partial charge in [-0.3, -0.25) is 4.98 Å². The van der Waals surface area contributed by atoms with Crippen molar-refractivity contribution in [3.63, 3.8) is 0 Å². The number of hydrogen-bond donors (Lipinski definition) is 0. The molecular weight excluding hydrogens is 298 g/mol. The van der Waals surface area contributed by atoms with Crippen LogP contribution in [0.15, 0.2) is 66.0 Å². The van der Waals surface area contributed by atoms with E-state index in [0.717, 1.165) is 17.4 Å². The summed E-state index contributed by atoms with van der Waals surface area (Å²) in [5.74, 6) is 0.444. The number of pyridine rings is 1. The SMILES string of the molecule is CS(=O)(=O)c1cnc(-c2cccnc2)nc1-c1ccccc1. The molecule has 2 heterocycles. The number of sulfone groups is 1. The van der Waals surface area contributed by atoms with E-state index in [9.17, 15) is 8.42 Å². The number of nitrogens with zero attached hydrogens (tertiary/aromatic N) is 3. The van der Waals surface area contributed by atoms with Gasteiger partial charge in [-0.05, 0) is 12.1 Å². The Hall–Kier alpha value is -2.60. The van der Waals surface area contributed by atoms with Crippen LogP contribution in [0.5, 0.6) is 0 Å². The van der Waals surface area contributed by atoms with E-state index >= 15 is 0 Å². The molecule has 1 aromatic carbocycles. The highest BCUT2D eigenvalue weighted by Crippen LogP contribution is 2.27. The Morgan fingerprint density at radius 1 is 0.909 bits per heavy atom. The van der Waals surface area contributed by atoms with Gasteiger partial charge in [0, 0.05) is 29.8 Å². The largest absolute Gasteiger partial charge is 0.264 e. The van der Waals surface area contributed by atoms with E-state index in [1.54, 1.807) is 18.5 Å². The van der Waals surface area contributed by atoms with Crippen LogP contribution < -0.4 is 0 Å². The first-order valence-corrected chi connectivity index (χ1v) is 8.48. The van der Waals surface area contributed by atoms with E-state index in [1.165, 1.54) is 6.20 Å². The van der Waals surface area contributed by atoms with Gasteiger partial charge in [0.2, 0.25) is 0 Å². The van der Waals surface area contributed by atoms with Gasteiger partial charge in [-0.2, -0.15) is 0 Å². The normalized spacial score (nSPS) is 11.3. The third-order valence-corrected chi connectivity index (χ3v) is 4.22. The van der Waals surface area contributed by atoms with Gasteiger partial charge in [0.15, 0.2) is 15.7 Å². The fourth-order valence-corrected chi connectivity index (χ4v) is 2.84. The Labute approximate surface area is 128 Å². The van der Waals surface area contributed by atoms with Gasteiger partial charge in [-0.15, -0.1) is 0 Å². The van der Waals surface area contributed by atoms with Crippen molar-refractivity contribution < 1.29 is 8.42 Å². The lowest BCUT2D eigenvalue weighted by Crippen LogP contribution is -2.04. The lowest BCUT2D eigenvalue weighted by atomic mass is 10.1. The summed E-state index contributed by atoms with van der Waals surface area (Å²) in [5, 5.41) is 0. The van der Waals surface area contributed by atoms with E-state index in [2.05, 4.69) is 15.0 Å². The minimum Gasteiger partial charge on any atom is -0.264 e. The van der Waals surface area contributed by atoms with Crippen LogP contribution in [-0.4, -0.2) is 29.6 Å². The second-order valence-electron chi connectivity index (χ2n) is 4.79. The second kappa shape index (κ2) is 5.65. The molecule has 0 atom stereocenters. The molecule has 2 aromatic heterocycles. The summed E-state index contributed by atoms with van der Waals surface area (Å²) in [5.41, 5.74) is 1.87. The molecule has 0 fully saturated rings. The van der Waals surface area contributed by atoms with Crippen molar-refractivity contribution in [3.05, 3.63) is 61.1 Å². The van der Waals surface area contributed by atoms with Crippen LogP contribution >= 0.6 is 0 Å². The molecule has 0 saturated heterocycles. The molecule has 6 heteroatoms. The van der Waals surface area contributed by atoms with E-state index in [0.29, 0.717) is 11.5 Å². The van der Waals surface area contributed by atoms with Crippen molar-refractivity contribution in [2.45, 2.75) is 4.90 Å². The molecule has 0 bridgehead atoms. The summed E-state index contributed by atoms with van der Waals surface area (Å²) in [6, 6.07) is 12.8. The predicted octanol–water partition coefficient (Wildman–Crippen LogP) is 2.61. The van der Waals surface area contributed by atoms with Crippen LogP contribution in [0.25, 0.3) is 22.6 Å². The first kappa shape index (κ1) is 14.3. The topological polar surface area (TPSA) is 72.8 Å². The highest BCUT2D eigenvalue weighted by atomic mass is 32.2. The number of hydrogen-bond acceptors (Lipinski definition) is 5. The van der Waals surface area contributed by atoms with E-state index in [1.807, 2.05) is 36.4 Å². The molecule has 0 spiro atoms. The lowest BCUT2D eigenvalue weighted by Gasteiger charge is -2.09. The van der Waals surface area contributed by atoms with Crippen LogP contribution in [0.1, 0.15) is 0 Å². The predicted molar refractivity (Wildman–Crippen MR) is 83.8 cm³/mol. The zero-order valence-electron chi connectivity index (χ0n) is 11.8. The van der Waals surface area contributed by atoms with Gasteiger partial charge < -0.3 is 0 Å². The Balaban J connectivity index is 2.24. The summed E-state index contributed by atoms with van der Waals surface area (Å²) < 4.78 is 24.0. The van der Waals surface area contributed by atoms with Gasteiger partial charge >= 0.3 is 0 Å². The lowest BCUT2D eigenvalue weighted by molar-refractivity contribution is 0.601. The molecule has 0 unspecified atom stereocenters. The van der Waals surface area contributed by atoms with Crippen molar-refractivity contribution in [3.8, 4) is 22.6 Å². The van der Waals surface area contributed by atoms with Crippen molar-refractivity contribution in [1.29, 1.82) is 0 Å². The fraction of sp³-hybridized carbons (Fsp3) is 0.0625. The summed E-state index contributed by atoms with van der Waals surface area (Å²) >= 11 is 0. The molecule has 0 radical (unpaired) electrons. The first-order valence-electron chi connectivity index (χ1n) is 6.58. The monoisotopic (exact) mass is 311 g/mol. The van der Waals surface area contributed by atoms with Crippen molar-refractivity contribution in [1.82, 2.24) is 15.0 Å². The van der Waals surface area contributed by atoms with Crippen LogP contribution in [-0.2, 0) is 9.84 Å². The van der Waals surface area contributed by atoms with Crippen LogP contribution in [0.4, 0.5) is 0 Å². The van der Waals surface area contributed by atoms with Crippen molar-refractivity contribution in [2.24, 2.45) is 0 Å². The summed E-state index contributed by atoms with van der Waals surface area (Å²) in [7, 11) is -3.42. The van der Waals surface area contributed by atoms with Crippen LogP contribution in [0.2, 0.25) is 0 Å². The Morgan fingerprint density at radius 2 is 1.64 bits per heavy atom. The summed E-state index contributed by atoms with van der Waals surface area (Å²) in [6.07, 6.45) is 5.81. The average Bonchev–Trinajstić information content (AvgIpc) is 2.55. The van der Waals surface area contributed by atoms with Gasteiger partial charge in [-0.25, -0.2) is 18.4 Å². The standard InChI is InChI=1S/C16H13N3O2S/c1-22(20,21)14-11-18-16(13-8-5-9-17-10-13)19-15(14)12-6-3-2-4-7-12/h2-11H,1H3. The minimum atomic E-state index is -3.42. The maximum Gasteiger partial charge on any atom is 0.179 e. The summed E-state index contributed by atoms with van der Waals surface area (Å²) in [6.45, 7) is 0. The maximum absolute atomic E-state index is 12.0. The molecule has 5 nitrogen and oxygen atoms in total. The fourth-order valence-electron chi connectivity index (χ4n) is 2.08. The molecule has 3 aromatic rings. The number of benzene rings is 1. The van der Waals surface area contributed by atoms with Gasteiger partial charge in [0.25, 0.3) is 0 Å². The van der Waals surface area contributed by atoms with E-state index in [4.69, 9.17) is 0 Å². The third kappa shape index (κ3) is 2.87. The highest BCUT2D eigenvalue weighted by molar-refractivity contribution is 7.90. The number of aromatic nitrogens is 3. The molecule has 0 aliphatic heterocycles. The molecular formula is C16H13N3O2S. The van der Waals surface area contributed by atoms with E-state index < -0.39 is 9.84 Å². The molecule has 0 amide bonds. The van der Waals surface area contributed by atoms with E-state index in [-0.39, 0.29) is 4.90 Å². The molecule has 22 heavy (non-hydrogen) atoms.